The Morgan fingerprint density at radius 2 is 2.15 bits per heavy atom. The molecule has 1 heterocycles. The highest BCUT2D eigenvalue weighted by Gasteiger charge is 2.11. The normalized spacial score (nSPS) is 11.9. The van der Waals surface area contributed by atoms with Gasteiger partial charge >= 0.3 is 0 Å². The maximum atomic E-state index is 10.8. The van der Waals surface area contributed by atoms with Crippen molar-refractivity contribution in [3.05, 3.63) is 56.7 Å². The topological polar surface area (TPSA) is 85.5 Å². The summed E-state index contributed by atoms with van der Waals surface area (Å²) < 4.78 is 6.02. The van der Waals surface area contributed by atoms with Gasteiger partial charge < -0.3 is 9.84 Å². The molecule has 2 rings (SSSR count). The predicted molar refractivity (Wildman–Crippen MR) is 75.7 cm³/mol. The number of nitrogens with zero attached hydrogens (tertiary/aromatic N) is 2. The Hall–Kier alpha value is -1.99. The second-order valence-corrected chi connectivity index (χ2v) is 5.02. The van der Waals surface area contributed by atoms with Crippen molar-refractivity contribution in [2.24, 2.45) is 0 Å². The minimum absolute atomic E-state index is 0.0824. The maximum absolute atomic E-state index is 10.8. The summed E-state index contributed by atoms with van der Waals surface area (Å²) in [5.41, 5.74) is 0.570. The molecule has 0 bridgehead atoms. The molecule has 0 spiro atoms. The molecule has 20 heavy (non-hydrogen) atoms. The van der Waals surface area contributed by atoms with Crippen LogP contribution in [0.5, 0.6) is 11.6 Å². The standard InChI is InChI=1S/C13H11BrN2O4/c1-8(17)9-2-3-15-13(4-9)20-12-6-10(14)5-11(7-12)16(18)19/h2-8,17H,1H3/t8-/m0/s1. The van der Waals surface area contributed by atoms with Crippen LogP contribution in [0.3, 0.4) is 0 Å². The van der Waals surface area contributed by atoms with Gasteiger partial charge in [-0.2, -0.15) is 0 Å². The number of aliphatic hydroxyl groups excluding tert-OH is 1. The number of halogens is 1. The van der Waals surface area contributed by atoms with Crippen LogP contribution in [0.4, 0.5) is 5.69 Å². The molecule has 6 nitrogen and oxygen atoms in total. The van der Waals surface area contributed by atoms with Crippen molar-refractivity contribution in [2.75, 3.05) is 0 Å². The average Bonchev–Trinajstić information content (AvgIpc) is 2.38. The van der Waals surface area contributed by atoms with E-state index in [-0.39, 0.29) is 11.6 Å². The van der Waals surface area contributed by atoms with Gasteiger partial charge in [-0.3, -0.25) is 10.1 Å². The van der Waals surface area contributed by atoms with E-state index in [1.54, 1.807) is 25.1 Å². The van der Waals surface area contributed by atoms with E-state index in [0.717, 1.165) is 0 Å². The van der Waals surface area contributed by atoms with Crippen LogP contribution in [0, 0.1) is 10.1 Å². The number of non-ortho nitro benzene ring substituents is 1. The van der Waals surface area contributed by atoms with Crippen LogP contribution in [0.15, 0.2) is 41.0 Å². The Morgan fingerprint density at radius 1 is 1.40 bits per heavy atom. The van der Waals surface area contributed by atoms with Gasteiger partial charge in [-0.1, -0.05) is 15.9 Å². The molecule has 1 aromatic heterocycles. The summed E-state index contributed by atoms with van der Waals surface area (Å²) in [4.78, 5) is 14.3. The fraction of sp³-hybridized carbons (Fsp3) is 0.154. The Kier molecular flexibility index (Phi) is 4.31. The molecule has 104 valence electrons. The van der Waals surface area contributed by atoms with E-state index in [2.05, 4.69) is 20.9 Å². The highest BCUT2D eigenvalue weighted by Crippen LogP contribution is 2.29. The first kappa shape index (κ1) is 14.4. The zero-order valence-corrected chi connectivity index (χ0v) is 12.1. The number of nitro groups is 1. The molecular formula is C13H11BrN2O4. The van der Waals surface area contributed by atoms with Crippen LogP contribution >= 0.6 is 15.9 Å². The van der Waals surface area contributed by atoms with Crippen LogP contribution in [-0.4, -0.2) is 15.0 Å². The first-order valence-electron chi connectivity index (χ1n) is 5.72. The van der Waals surface area contributed by atoms with Crippen molar-refractivity contribution in [2.45, 2.75) is 13.0 Å². The fourth-order valence-corrected chi connectivity index (χ4v) is 2.03. The number of hydrogen-bond donors (Lipinski definition) is 1. The van der Waals surface area contributed by atoms with Gasteiger partial charge in [0.05, 0.1) is 17.1 Å². The van der Waals surface area contributed by atoms with Gasteiger partial charge in [0.2, 0.25) is 5.88 Å². The second-order valence-electron chi connectivity index (χ2n) is 4.11. The lowest BCUT2D eigenvalue weighted by molar-refractivity contribution is -0.385. The predicted octanol–water partition coefficient (Wildman–Crippen LogP) is 3.60. The van der Waals surface area contributed by atoms with E-state index in [0.29, 0.717) is 15.8 Å². The largest absolute Gasteiger partial charge is 0.439 e. The summed E-state index contributed by atoms with van der Waals surface area (Å²) in [6, 6.07) is 7.54. The molecule has 1 atom stereocenters. The van der Waals surface area contributed by atoms with Crippen molar-refractivity contribution in [3.8, 4) is 11.6 Å². The zero-order chi connectivity index (χ0) is 14.7. The number of aliphatic hydroxyl groups is 1. The van der Waals surface area contributed by atoms with Crippen molar-refractivity contribution >= 4 is 21.6 Å². The lowest BCUT2D eigenvalue weighted by atomic mass is 10.2. The van der Waals surface area contributed by atoms with Crippen molar-refractivity contribution in [3.63, 3.8) is 0 Å². The van der Waals surface area contributed by atoms with Crippen molar-refractivity contribution < 1.29 is 14.8 Å². The molecule has 0 aliphatic rings. The average molecular weight is 339 g/mol. The third kappa shape index (κ3) is 3.52. The molecule has 7 heteroatoms. The van der Waals surface area contributed by atoms with Crippen LogP contribution < -0.4 is 4.74 Å². The minimum Gasteiger partial charge on any atom is -0.439 e. The Labute approximate surface area is 123 Å². The van der Waals surface area contributed by atoms with E-state index in [1.807, 2.05) is 0 Å². The first-order chi connectivity index (χ1) is 9.45. The molecule has 0 saturated carbocycles. The summed E-state index contributed by atoms with van der Waals surface area (Å²) in [5, 5.41) is 20.3. The number of rotatable bonds is 4. The highest BCUT2D eigenvalue weighted by molar-refractivity contribution is 9.10. The van der Waals surface area contributed by atoms with E-state index in [4.69, 9.17) is 4.74 Å². The number of pyridine rings is 1. The molecule has 0 saturated heterocycles. The van der Waals surface area contributed by atoms with E-state index >= 15 is 0 Å². The summed E-state index contributed by atoms with van der Waals surface area (Å²) in [5.74, 6) is 0.553. The van der Waals surface area contributed by atoms with E-state index < -0.39 is 11.0 Å². The summed E-state index contributed by atoms with van der Waals surface area (Å²) >= 11 is 3.19. The zero-order valence-electron chi connectivity index (χ0n) is 10.5. The Morgan fingerprint density at radius 3 is 2.80 bits per heavy atom. The van der Waals surface area contributed by atoms with Gasteiger partial charge in [0.15, 0.2) is 0 Å². The fourth-order valence-electron chi connectivity index (χ4n) is 1.57. The molecule has 2 aromatic rings. The van der Waals surface area contributed by atoms with Gasteiger partial charge in [0.1, 0.15) is 5.75 Å². The summed E-state index contributed by atoms with van der Waals surface area (Å²) in [6.07, 6.45) is 0.862. The van der Waals surface area contributed by atoms with Gasteiger partial charge in [-0.25, -0.2) is 4.98 Å². The lowest BCUT2D eigenvalue weighted by Gasteiger charge is -2.08. The SMILES string of the molecule is C[C@H](O)c1ccnc(Oc2cc(Br)cc([N+](=O)[O-])c2)c1. The highest BCUT2D eigenvalue weighted by atomic mass is 79.9. The van der Waals surface area contributed by atoms with Crippen LogP contribution in [0.25, 0.3) is 0 Å². The lowest BCUT2D eigenvalue weighted by Crippen LogP contribution is -1.95. The summed E-state index contributed by atoms with van der Waals surface area (Å²) in [6.45, 7) is 1.63. The third-order valence-corrected chi connectivity index (χ3v) is 2.99. The van der Waals surface area contributed by atoms with Gasteiger partial charge in [0, 0.05) is 22.8 Å². The summed E-state index contributed by atoms with van der Waals surface area (Å²) in [7, 11) is 0. The molecular weight excluding hydrogens is 328 g/mol. The minimum atomic E-state index is -0.641. The molecule has 0 aliphatic heterocycles. The van der Waals surface area contributed by atoms with E-state index in [1.165, 1.54) is 18.3 Å². The molecule has 1 N–H and O–H groups in total. The van der Waals surface area contributed by atoms with Gasteiger partial charge in [0.25, 0.3) is 5.69 Å². The molecule has 0 unspecified atom stereocenters. The van der Waals surface area contributed by atoms with Gasteiger partial charge in [-0.15, -0.1) is 0 Å². The number of aromatic nitrogens is 1. The van der Waals surface area contributed by atoms with Crippen LogP contribution in [0.2, 0.25) is 0 Å². The maximum Gasteiger partial charge on any atom is 0.274 e. The van der Waals surface area contributed by atoms with E-state index in [9.17, 15) is 15.2 Å². The number of nitro benzene ring substituents is 1. The number of hydrogen-bond acceptors (Lipinski definition) is 5. The molecule has 1 aromatic carbocycles. The molecule has 0 aliphatic carbocycles. The molecule has 0 radical (unpaired) electrons. The smallest absolute Gasteiger partial charge is 0.274 e. The van der Waals surface area contributed by atoms with Crippen LogP contribution in [0.1, 0.15) is 18.6 Å². The monoisotopic (exact) mass is 338 g/mol. The number of ether oxygens (including phenoxy) is 1. The Balaban J connectivity index is 2.30. The molecule has 0 fully saturated rings. The third-order valence-electron chi connectivity index (χ3n) is 2.53. The Bertz CT molecular complexity index is 646. The number of benzene rings is 1. The molecule has 0 amide bonds. The quantitative estimate of drug-likeness (QED) is 0.679. The first-order valence-corrected chi connectivity index (χ1v) is 6.52. The van der Waals surface area contributed by atoms with Crippen LogP contribution in [-0.2, 0) is 0 Å². The van der Waals surface area contributed by atoms with Gasteiger partial charge in [-0.05, 0) is 24.6 Å². The van der Waals surface area contributed by atoms with Crippen molar-refractivity contribution in [1.82, 2.24) is 4.98 Å². The second kappa shape index (κ2) is 5.98. The van der Waals surface area contributed by atoms with Crippen molar-refractivity contribution in [1.29, 1.82) is 0 Å².